The number of hydrogen-bond acceptors (Lipinski definition) is 6. The summed E-state index contributed by atoms with van der Waals surface area (Å²) in [7, 11) is 1.51. The van der Waals surface area contributed by atoms with Gasteiger partial charge in [-0.2, -0.15) is 0 Å². The molecule has 23 heavy (non-hydrogen) atoms. The van der Waals surface area contributed by atoms with Crippen LogP contribution in [0.25, 0.3) is 10.2 Å². The standard InChI is InChI=1S/C14H18N4O3S2/c1-7-8(2)23-14-12(7)13(21)17-9(18-14)5-22-6-11(20)16-4-10(19)15-3/h4-6H2,1-3H3,(H,15,19)(H,16,20)(H,17,18,21). The van der Waals surface area contributed by atoms with Crippen LogP contribution in [0.2, 0.25) is 0 Å². The van der Waals surface area contributed by atoms with Crippen LogP contribution >= 0.6 is 23.1 Å². The van der Waals surface area contributed by atoms with E-state index in [1.165, 1.54) is 30.1 Å². The van der Waals surface area contributed by atoms with Crippen LogP contribution in [0.15, 0.2) is 4.79 Å². The van der Waals surface area contributed by atoms with Crippen molar-refractivity contribution in [2.75, 3.05) is 19.3 Å². The normalized spacial score (nSPS) is 10.7. The number of fused-ring (bicyclic) bond motifs is 1. The molecular weight excluding hydrogens is 336 g/mol. The van der Waals surface area contributed by atoms with E-state index in [1.807, 2.05) is 13.8 Å². The van der Waals surface area contributed by atoms with Gasteiger partial charge in [0.1, 0.15) is 10.7 Å². The Morgan fingerprint density at radius 3 is 2.74 bits per heavy atom. The number of aryl methyl sites for hydroxylation is 2. The van der Waals surface area contributed by atoms with E-state index < -0.39 is 0 Å². The first kappa shape index (κ1) is 17.5. The highest BCUT2D eigenvalue weighted by atomic mass is 32.2. The molecule has 2 aromatic heterocycles. The molecule has 2 amide bonds. The molecule has 0 unspecified atom stereocenters. The summed E-state index contributed by atoms with van der Waals surface area (Å²) in [6, 6.07) is 0. The molecule has 0 spiro atoms. The smallest absolute Gasteiger partial charge is 0.259 e. The highest BCUT2D eigenvalue weighted by Crippen LogP contribution is 2.26. The number of likely N-dealkylation sites (N-methyl/N-ethyl adjacent to an activating group) is 1. The van der Waals surface area contributed by atoms with Gasteiger partial charge in [0.25, 0.3) is 5.56 Å². The van der Waals surface area contributed by atoms with Crippen molar-refractivity contribution in [1.29, 1.82) is 0 Å². The number of carbonyl (C=O) groups is 2. The molecule has 0 aliphatic carbocycles. The van der Waals surface area contributed by atoms with E-state index in [1.54, 1.807) is 0 Å². The van der Waals surface area contributed by atoms with E-state index in [-0.39, 0.29) is 29.7 Å². The molecule has 7 nitrogen and oxygen atoms in total. The molecule has 2 heterocycles. The summed E-state index contributed by atoms with van der Waals surface area (Å²) in [5.41, 5.74) is 0.822. The van der Waals surface area contributed by atoms with Crippen LogP contribution in [-0.2, 0) is 15.3 Å². The first-order valence-corrected chi connectivity index (χ1v) is 8.93. The first-order chi connectivity index (χ1) is 10.9. The van der Waals surface area contributed by atoms with E-state index in [2.05, 4.69) is 20.6 Å². The maximum absolute atomic E-state index is 12.1. The summed E-state index contributed by atoms with van der Waals surface area (Å²) < 4.78 is 0. The van der Waals surface area contributed by atoms with Crippen LogP contribution in [0, 0.1) is 13.8 Å². The molecule has 0 fully saturated rings. The zero-order valence-corrected chi connectivity index (χ0v) is 14.7. The summed E-state index contributed by atoms with van der Waals surface area (Å²) in [5.74, 6) is 0.691. The van der Waals surface area contributed by atoms with E-state index in [0.29, 0.717) is 17.0 Å². The molecule has 0 atom stereocenters. The van der Waals surface area contributed by atoms with Gasteiger partial charge in [0.05, 0.1) is 23.4 Å². The van der Waals surface area contributed by atoms with Crippen molar-refractivity contribution in [1.82, 2.24) is 20.6 Å². The van der Waals surface area contributed by atoms with E-state index in [4.69, 9.17) is 0 Å². The third-order valence-corrected chi connectivity index (χ3v) is 5.33. The molecule has 124 valence electrons. The van der Waals surface area contributed by atoms with Crippen molar-refractivity contribution in [2.24, 2.45) is 0 Å². The molecule has 0 aromatic carbocycles. The van der Waals surface area contributed by atoms with Gasteiger partial charge in [0.2, 0.25) is 11.8 Å². The summed E-state index contributed by atoms with van der Waals surface area (Å²) in [4.78, 5) is 43.7. The Morgan fingerprint density at radius 1 is 1.30 bits per heavy atom. The van der Waals surface area contributed by atoms with Gasteiger partial charge in [-0.05, 0) is 19.4 Å². The molecule has 2 aromatic rings. The number of H-pyrrole nitrogens is 1. The molecule has 0 aliphatic rings. The minimum atomic E-state index is -0.247. The van der Waals surface area contributed by atoms with E-state index >= 15 is 0 Å². The molecular formula is C14H18N4O3S2. The number of nitrogens with zero attached hydrogens (tertiary/aromatic N) is 1. The number of rotatable bonds is 6. The largest absolute Gasteiger partial charge is 0.358 e. The average molecular weight is 354 g/mol. The van der Waals surface area contributed by atoms with Crippen molar-refractivity contribution in [3.05, 3.63) is 26.6 Å². The van der Waals surface area contributed by atoms with Gasteiger partial charge >= 0.3 is 0 Å². The fourth-order valence-electron chi connectivity index (χ4n) is 1.93. The maximum atomic E-state index is 12.1. The second-order valence-electron chi connectivity index (χ2n) is 4.92. The van der Waals surface area contributed by atoms with Crippen molar-refractivity contribution >= 4 is 45.1 Å². The number of aromatic nitrogens is 2. The maximum Gasteiger partial charge on any atom is 0.259 e. The average Bonchev–Trinajstić information content (AvgIpc) is 2.80. The van der Waals surface area contributed by atoms with Gasteiger partial charge in [0, 0.05) is 11.9 Å². The van der Waals surface area contributed by atoms with Crippen LogP contribution in [0.1, 0.15) is 16.3 Å². The second-order valence-corrected chi connectivity index (χ2v) is 7.11. The minimum absolute atomic E-state index is 0.0370. The molecule has 9 heteroatoms. The lowest BCUT2D eigenvalue weighted by atomic mass is 10.2. The molecule has 0 saturated heterocycles. The van der Waals surface area contributed by atoms with Crippen LogP contribution < -0.4 is 16.2 Å². The Kier molecular flexibility index (Phi) is 5.78. The van der Waals surface area contributed by atoms with Gasteiger partial charge in [-0.1, -0.05) is 0 Å². The number of aromatic amines is 1. The number of thioether (sulfide) groups is 1. The Hall–Kier alpha value is -1.87. The highest BCUT2D eigenvalue weighted by molar-refractivity contribution is 7.99. The molecule has 2 rings (SSSR count). The third-order valence-electron chi connectivity index (χ3n) is 3.29. The number of hydrogen-bond donors (Lipinski definition) is 3. The summed E-state index contributed by atoms with van der Waals surface area (Å²) in [6.07, 6.45) is 0. The minimum Gasteiger partial charge on any atom is -0.358 e. The monoisotopic (exact) mass is 354 g/mol. The van der Waals surface area contributed by atoms with Crippen molar-refractivity contribution < 1.29 is 9.59 Å². The topological polar surface area (TPSA) is 104 Å². The zero-order valence-electron chi connectivity index (χ0n) is 13.1. The second kappa shape index (κ2) is 7.60. The lowest BCUT2D eigenvalue weighted by molar-refractivity contribution is -0.124. The lowest BCUT2D eigenvalue weighted by Crippen LogP contribution is -2.36. The van der Waals surface area contributed by atoms with Crippen LogP contribution in [0.3, 0.4) is 0 Å². The van der Waals surface area contributed by atoms with Crippen LogP contribution in [0.5, 0.6) is 0 Å². The fraction of sp³-hybridized carbons (Fsp3) is 0.429. The predicted molar refractivity (Wildman–Crippen MR) is 93.0 cm³/mol. The third kappa shape index (κ3) is 4.32. The van der Waals surface area contributed by atoms with Crippen LogP contribution in [-0.4, -0.2) is 41.1 Å². The van der Waals surface area contributed by atoms with Crippen molar-refractivity contribution in [3.63, 3.8) is 0 Å². The molecule has 0 saturated carbocycles. The number of amides is 2. The quantitative estimate of drug-likeness (QED) is 0.708. The molecule has 3 N–H and O–H groups in total. The molecule has 0 aliphatic heterocycles. The van der Waals surface area contributed by atoms with Crippen LogP contribution in [0.4, 0.5) is 0 Å². The van der Waals surface area contributed by atoms with Gasteiger partial charge in [-0.3, -0.25) is 14.4 Å². The zero-order chi connectivity index (χ0) is 17.0. The van der Waals surface area contributed by atoms with Gasteiger partial charge in [-0.25, -0.2) is 4.98 Å². The lowest BCUT2D eigenvalue weighted by Gasteiger charge is -2.04. The van der Waals surface area contributed by atoms with E-state index in [0.717, 1.165) is 15.3 Å². The number of carbonyl (C=O) groups excluding carboxylic acids is 2. The summed E-state index contributed by atoms with van der Waals surface area (Å²) in [5, 5.41) is 5.58. The molecule has 0 bridgehead atoms. The Labute approximate surface area is 141 Å². The number of nitrogens with one attached hydrogen (secondary N) is 3. The Bertz CT molecular complexity index is 797. The predicted octanol–water partition coefficient (Wildman–Crippen LogP) is 0.697. The van der Waals surface area contributed by atoms with Crippen molar-refractivity contribution in [3.8, 4) is 0 Å². The first-order valence-electron chi connectivity index (χ1n) is 6.96. The van der Waals surface area contributed by atoms with E-state index in [9.17, 15) is 14.4 Å². The number of thiophene rings is 1. The fourth-order valence-corrected chi connectivity index (χ4v) is 3.69. The Balaban J connectivity index is 1.94. The Morgan fingerprint density at radius 2 is 2.04 bits per heavy atom. The summed E-state index contributed by atoms with van der Waals surface area (Å²) in [6.45, 7) is 3.84. The SMILES string of the molecule is CNC(=O)CNC(=O)CSCc1nc2sc(C)c(C)c2c(=O)[nH]1. The highest BCUT2D eigenvalue weighted by Gasteiger charge is 2.12. The van der Waals surface area contributed by atoms with Gasteiger partial charge < -0.3 is 15.6 Å². The van der Waals surface area contributed by atoms with Gasteiger partial charge in [-0.15, -0.1) is 23.1 Å². The van der Waals surface area contributed by atoms with Crippen molar-refractivity contribution in [2.45, 2.75) is 19.6 Å². The van der Waals surface area contributed by atoms with Gasteiger partial charge in [0.15, 0.2) is 0 Å². The molecule has 0 radical (unpaired) electrons. The summed E-state index contributed by atoms with van der Waals surface area (Å²) >= 11 is 2.83.